The third kappa shape index (κ3) is 2.54. The number of furan rings is 1. The number of halogens is 1. The number of alkyl halides is 1. The van der Waals surface area contributed by atoms with E-state index in [4.69, 9.17) is 16.0 Å². The van der Waals surface area contributed by atoms with Crippen LogP contribution in [0.2, 0.25) is 0 Å². The molecule has 1 aromatic carbocycles. The minimum atomic E-state index is 0.106. The van der Waals surface area contributed by atoms with Gasteiger partial charge in [0.1, 0.15) is 5.58 Å². The lowest BCUT2D eigenvalue weighted by Gasteiger charge is -2.17. The van der Waals surface area contributed by atoms with E-state index in [1.165, 1.54) is 0 Å². The average Bonchev–Trinajstić information content (AvgIpc) is 2.82. The fourth-order valence-corrected chi connectivity index (χ4v) is 2.17. The fraction of sp³-hybridized carbons (Fsp3) is 0.286. The molecule has 2 rings (SSSR count). The van der Waals surface area contributed by atoms with E-state index < -0.39 is 0 Å². The van der Waals surface area contributed by atoms with Crippen molar-refractivity contribution in [2.24, 2.45) is 0 Å². The molecule has 0 aliphatic rings. The highest BCUT2D eigenvalue weighted by atomic mass is 35.5. The Balaban J connectivity index is 2.28. The second kappa shape index (κ2) is 5.39. The summed E-state index contributed by atoms with van der Waals surface area (Å²) >= 11 is 5.94. The molecule has 0 saturated carbocycles. The Labute approximate surface area is 106 Å². The molecule has 1 aromatic heterocycles. The van der Waals surface area contributed by atoms with E-state index in [9.17, 15) is 0 Å². The Morgan fingerprint density at radius 3 is 3.00 bits per heavy atom. The summed E-state index contributed by atoms with van der Waals surface area (Å²) in [6, 6.07) is 8.15. The summed E-state index contributed by atoms with van der Waals surface area (Å²) in [6.45, 7) is 7.05. The van der Waals surface area contributed by atoms with Gasteiger partial charge in [-0.15, -0.1) is 11.6 Å². The minimum Gasteiger partial charge on any atom is -0.464 e. The zero-order chi connectivity index (χ0) is 12.3. The van der Waals surface area contributed by atoms with Crippen LogP contribution in [0.1, 0.15) is 12.5 Å². The van der Waals surface area contributed by atoms with E-state index in [-0.39, 0.29) is 6.04 Å². The molecule has 0 fully saturated rings. The van der Waals surface area contributed by atoms with Crippen molar-refractivity contribution in [3.8, 4) is 0 Å². The minimum absolute atomic E-state index is 0.106. The van der Waals surface area contributed by atoms with Crippen LogP contribution >= 0.6 is 11.6 Å². The Morgan fingerprint density at radius 2 is 2.29 bits per heavy atom. The van der Waals surface area contributed by atoms with Gasteiger partial charge in [-0.25, -0.2) is 0 Å². The molecule has 17 heavy (non-hydrogen) atoms. The third-order valence-electron chi connectivity index (χ3n) is 2.85. The monoisotopic (exact) mass is 249 g/mol. The summed E-state index contributed by atoms with van der Waals surface area (Å²) in [5.41, 5.74) is 2.95. The van der Waals surface area contributed by atoms with E-state index in [1.807, 2.05) is 18.2 Å². The lowest BCUT2D eigenvalue weighted by Crippen LogP contribution is -2.31. The maximum Gasteiger partial charge on any atom is 0.134 e. The van der Waals surface area contributed by atoms with Gasteiger partial charge in [-0.3, -0.25) is 0 Å². The number of hydrogen-bond donors (Lipinski definition) is 1. The topological polar surface area (TPSA) is 25.2 Å². The van der Waals surface area contributed by atoms with Crippen LogP contribution in [0.3, 0.4) is 0 Å². The average molecular weight is 250 g/mol. The second-order valence-electron chi connectivity index (χ2n) is 3.96. The molecule has 90 valence electrons. The van der Waals surface area contributed by atoms with Crippen LogP contribution < -0.4 is 5.32 Å². The van der Waals surface area contributed by atoms with Crippen LogP contribution in [-0.2, 0) is 0 Å². The van der Waals surface area contributed by atoms with E-state index in [1.54, 1.807) is 6.26 Å². The first-order chi connectivity index (χ1) is 8.26. The van der Waals surface area contributed by atoms with Gasteiger partial charge >= 0.3 is 0 Å². The van der Waals surface area contributed by atoms with Crippen LogP contribution in [0.5, 0.6) is 0 Å². The number of hydrogen-bond acceptors (Lipinski definition) is 2. The van der Waals surface area contributed by atoms with Gasteiger partial charge in [-0.1, -0.05) is 25.6 Å². The molecule has 0 aliphatic carbocycles. The Hall–Kier alpha value is -1.25. The van der Waals surface area contributed by atoms with Crippen molar-refractivity contribution < 1.29 is 4.42 Å². The van der Waals surface area contributed by atoms with Crippen LogP contribution in [0.25, 0.3) is 16.5 Å². The number of rotatable bonds is 5. The lowest BCUT2D eigenvalue weighted by atomic mass is 10.0. The summed E-state index contributed by atoms with van der Waals surface area (Å²) in [6.07, 6.45) is 1.69. The molecule has 2 nitrogen and oxygen atoms in total. The Morgan fingerprint density at radius 1 is 1.47 bits per heavy atom. The van der Waals surface area contributed by atoms with Crippen LogP contribution in [0.15, 0.2) is 41.5 Å². The molecule has 0 radical (unpaired) electrons. The van der Waals surface area contributed by atoms with Crippen LogP contribution in [0, 0.1) is 0 Å². The van der Waals surface area contributed by atoms with Gasteiger partial charge in [0, 0.05) is 17.3 Å². The Bertz CT molecular complexity index is 518. The molecule has 0 saturated heterocycles. The molecular formula is C14H16ClNO. The van der Waals surface area contributed by atoms with Crippen molar-refractivity contribution in [2.75, 3.05) is 12.4 Å². The fourth-order valence-electron chi connectivity index (χ4n) is 1.87. The largest absolute Gasteiger partial charge is 0.464 e. The summed E-state index contributed by atoms with van der Waals surface area (Å²) in [4.78, 5) is 0. The maximum atomic E-state index is 5.94. The van der Waals surface area contributed by atoms with Gasteiger partial charge in [0.25, 0.3) is 0 Å². The normalized spacial score (nSPS) is 12.8. The molecule has 0 bridgehead atoms. The second-order valence-corrected chi connectivity index (χ2v) is 4.27. The third-order valence-corrected chi connectivity index (χ3v) is 3.16. The summed E-state index contributed by atoms with van der Waals surface area (Å²) < 4.78 is 5.39. The van der Waals surface area contributed by atoms with Crippen molar-refractivity contribution in [1.82, 2.24) is 5.32 Å². The summed E-state index contributed by atoms with van der Waals surface area (Å²) in [7, 11) is 0. The highest BCUT2D eigenvalue weighted by molar-refractivity contribution is 6.19. The van der Waals surface area contributed by atoms with Crippen LogP contribution in [0.4, 0.5) is 0 Å². The van der Waals surface area contributed by atoms with E-state index in [0.717, 1.165) is 28.7 Å². The van der Waals surface area contributed by atoms with Gasteiger partial charge in [0.2, 0.25) is 0 Å². The van der Waals surface area contributed by atoms with Crippen molar-refractivity contribution in [2.45, 2.75) is 13.0 Å². The quantitative estimate of drug-likeness (QED) is 0.818. The van der Waals surface area contributed by atoms with Crippen molar-refractivity contribution in [3.05, 3.63) is 42.7 Å². The molecule has 1 unspecified atom stereocenters. The first kappa shape index (κ1) is 12.2. The first-order valence-corrected chi connectivity index (χ1v) is 6.25. The summed E-state index contributed by atoms with van der Waals surface area (Å²) in [5.74, 6) is 0.517. The van der Waals surface area contributed by atoms with Crippen LogP contribution in [-0.4, -0.2) is 18.5 Å². The lowest BCUT2D eigenvalue weighted by molar-refractivity contribution is 0.615. The molecule has 3 heteroatoms. The number of fused-ring (bicyclic) bond motifs is 1. The van der Waals surface area contributed by atoms with Gasteiger partial charge in [0.15, 0.2) is 0 Å². The predicted octanol–water partition coefficient (Wildman–Crippen LogP) is 3.66. The summed E-state index contributed by atoms with van der Waals surface area (Å²) in [5, 5.41) is 4.41. The van der Waals surface area contributed by atoms with Gasteiger partial charge in [-0.05, 0) is 29.8 Å². The zero-order valence-electron chi connectivity index (χ0n) is 9.87. The molecule has 2 aromatic rings. The van der Waals surface area contributed by atoms with E-state index in [2.05, 4.69) is 24.9 Å². The molecule has 0 spiro atoms. The van der Waals surface area contributed by atoms with Crippen molar-refractivity contribution in [3.63, 3.8) is 0 Å². The highest BCUT2D eigenvalue weighted by Crippen LogP contribution is 2.23. The number of benzene rings is 1. The molecule has 1 N–H and O–H groups in total. The van der Waals surface area contributed by atoms with Gasteiger partial charge < -0.3 is 9.73 Å². The molecule has 0 amide bonds. The molecule has 1 atom stereocenters. The van der Waals surface area contributed by atoms with E-state index in [0.29, 0.717) is 5.88 Å². The standard InChI is InChI=1S/C14H16ClNO/c1-3-16-13(9-15)10(2)12-5-4-11-6-7-17-14(11)8-12/h4-8,13,16H,2-3,9H2,1H3. The smallest absolute Gasteiger partial charge is 0.134 e. The number of likely N-dealkylation sites (N-methyl/N-ethyl adjacent to an activating group) is 1. The molecular weight excluding hydrogens is 234 g/mol. The Kier molecular flexibility index (Phi) is 3.87. The van der Waals surface area contributed by atoms with Gasteiger partial charge in [-0.2, -0.15) is 0 Å². The van der Waals surface area contributed by atoms with Gasteiger partial charge in [0.05, 0.1) is 6.26 Å². The first-order valence-electron chi connectivity index (χ1n) is 5.72. The molecule has 1 heterocycles. The van der Waals surface area contributed by atoms with E-state index >= 15 is 0 Å². The zero-order valence-corrected chi connectivity index (χ0v) is 10.6. The predicted molar refractivity (Wildman–Crippen MR) is 73.4 cm³/mol. The van der Waals surface area contributed by atoms with Crippen molar-refractivity contribution >= 4 is 28.1 Å². The molecule has 0 aliphatic heterocycles. The number of nitrogens with one attached hydrogen (secondary N) is 1. The highest BCUT2D eigenvalue weighted by Gasteiger charge is 2.12. The maximum absolute atomic E-state index is 5.94. The SMILES string of the molecule is C=C(c1ccc2ccoc2c1)C(CCl)NCC. The van der Waals surface area contributed by atoms with Crippen molar-refractivity contribution in [1.29, 1.82) is 0 Å².